The summed E-state index contributed by atoms with van der Waals surface area (Å²) in [6, 6.07) is 4.03. The second-order valence-corrected chi connectivity index (χ2v) is 4.34. The van der Waals surface area contributed by atoms with E-state index < -0.39 is 0 Å². The summed E-state index contributed by atoms with van der Waals surface area (Å²) in [5.74, 6) is 0.741. The fourth-order valence-electron chi connectivity index (χ4n) is 1.98. The van der Waals surface area contributed by atoms with E-state index >= 15 is 0 Å². The van der Waals surface area contributed by atoms with Gasteiger partial charge in [-0.05, 0) is 30.9 Å². The molecule has 2 aromatic rings. The van der Waals surface area contributed by atoms with Crippen molar-refractivity contribution >= 4 is 22.6 Å². The van der Waals surface area contributed by atoms with Gasteiger partial charge >= 0.3 is 0 Å². The molecule has 14 heavy (non-hydrogen) atoms. The maximum atomic E-state index is 6.11. The van der Waals surface area contributed by atoms with E-state index in [1.807, 2.05) is 6.07 Å². The maximum absolute atomic E-state index is 6.11. The number of hydrogen-bond donors (Lipinski definition) is 0. The largest absolute Gasteiger partial charge is 0.332 e. The molecule has 0 atom stereocenters. The Bertz CT molecular complexity index is 497. The highest BCUT2D eigenvalue weighted by molar-refractivity contribution is 6.35. The second-order valence-electron chi connectivity index (χ2n) is 3.93. The Morgan fingerprint density at radius 3 is 2.93 bits per heavy atom. The van der Waals surface area contributed by atoms with Crippen molar-refractivity contribution in [1.29, 1.82) is 0 Å². The highest BCUT2D eigenvalue weighted by Gasteiger charge is 2.27. The molecule has 1 fully saturated rings. The van der Waals surface area contributed by atoms with Gasteiger partial charge < -0.3 is 4.57 Å². The van der Waals surface area contributed by atoms with Crippen molar-refractivity contribution in [3.63, 3.8) is 0 Å². The van der Waals surface area contributed by atoms with Crippen LogP contribution in [-0.2, 0) is 7.05 Å². The van der Waals surface area contributed by atoms with E-state index in [0.29, 0.717) is 0 Å². The van der Waals surface area contributed by atoms with E-state index in [9.17, 15) is 0 Å². The van der Waals surface area contributed by atoms with Crippen LogP contribution in [0.25, 0.3) is 11.0 Å². The van der Waals surface area contributed by atoms with Crippen molar-refractivity contribution in [2.45, 2.75) is 18.8 Å². The molecule has 0 N–H and O–H groups in total. The molecular weight excluding hydrogens is 196 g/mol. The van der Waals surface area contributed by atoms with Crippen LogP contribution in [-0.4, -0.2) is 9.55 Å². The summed E-state index contributed by atoms with van der Waals surface area (Å²) in [6.45, 7) is 0. The van der Waals surface area contributed by atoms with Crippen LogP contribution < -0.4 is 0 Å². The van der Waals surface area contributed by atoms with Gasteiger partial charge in [0.2, 0.25) is 0 Å². The standard InChI is InChI=1S/C11H11ClN2/c1-14-10(7-2-3-7)6-8-9(12)4-5-13-11(8)14/h4-7H,2-3H2,1H3. The fraction of sp³-hybridized carbons (Fsp3) is 0.364. The number of pyridine rings is 1. The number of aromatic nitrogens is 2. The number of aryl methyl sites for hydroxylation is 1. The first-order chi connectivity index (χ1) is 6.77. The minimum atomic E-state index is 0.741. The zero-order chi connectivity index (χ0) is 9.71. The molecule has 0 radical (unpaired) electrons. The van der Waals surface area contributed by atoms with Crippen LogP contribution in [0.15, 0.2) is 18.3 Å². The third kappa shape index (κ3) is 1.07. The van der Waals surface area contributed by atoms with Crippen LogP contribution >= 0.6 is 11.6 Å². The summed E-state index contributed by atoms with van der Waals surface area (Å²) in [6.07, 6.45) is 4.38. The Balaban J connectivity index is 2.33. The van der Waals surface area contributed by atoms with Crippen molar-refractivity contribution in [3.8, 4) is 0 Å². The molecule has 0 aromatic carbocycles. The highest BCUT2D eigenvalue weighted by atomic mass is 35.5. The van der Waals surface area contributed by atoms with Gasteiger partial charge in [-0.2, -0.15) is 0 Å². The second kappa shape index (κ2) is 2.74. The molecular formula is C11H11ClN2. The fourth-order valence-corrected chi connectivity index (χ4v) is 2.17. The lowest BCUT2D eigenvalue weighted by Gasteiger charge is -2.00. The summed E-state index contributed by atoms with van der Waals surface area (Å²) in [4.78, 5) is 4.35. The van der Waals surface area contributed by atoms with E-state index in [-0.39, 0.29) is 0 Å². The van der Waals surface area contributed by atoms with Gasteiger partial charge in [-0.3, -0.25) is 0 Å². The van der Waals surface area contributed by atoms with Crippen molar-refractivity contribution in [1.82, 2.24) is 9.55 Å². The smallest absolute Gasteiger partial charge is 0.141 e. The van der Waals surface area contributed by atoms with Crippen molar-refractivity contribution in [2.24, 2.45) is 7.05 Å². The Morgan fingerprint density at radius 2 is 2.29 bits per heavy atom. The van der Waals surface area contributed by atoms with Gasteiger partial charge in [-0.1, -0.05) is 11.6 Å². The lowest BCUT2D eigenvalue weighted by atomic mass is 10.2. The van der Waals surface area contributed by atoms with Crippen LogP contribution in [0.1, 0.15) is 24.5 Å². The lowest BCUT2D eigenvalue weighted by molar-refractivity contribution is 0.847. The Kier molecular flexibility index (Phi) is 1.62. The molecule has 2 nitrogen and oxygen atoms in total. The molecule has 1 saturated carbocycles. The summed E-state index contributed by atoms with van der Waals surface area (Å²) in [5, 5.41) is 1.89. The minimum Gasteiger partial charge on any atom is -0.332 e. The summed E-state index contributed by atoms with van der Waals surface area (Å²) >= 11 is 6.11. The monoisotopic (exact) mass is 206 g/mol. The quantitative estimate of drug-likeness (QED) is 0.701. The van der Waals surface area contributed by atoms with Crippen LogP contribution in [0.3, 0.4) is 0 Å². The normalized spacial score (nSPS) is 16.4. The Hall–Kier alpha value is -1.02. The lowest BCUT2D eigenvalue weighted by Crippen LogP contribution is -1.94. The number of fused-ring (bicyclic) bond motifs is 1. The predicted octanol–water partition coefficient (Wildman–Crippen LogP) is 3.10. The number of halogens is 1. The van der Waals surface area contributed by atoms with Gasteiger partial charge in [0, 0.05) is 24.3 Å². The maximum Gasteiger partial charge on any atom is 0.141 e. The molecule has 1 aliphatic rings. The molecule has 0 aliphatic heterocycles. The molecule has 2 heterocycles. The number of rotatable bonds is 1. The first kappa shape index (κ1) is 8.30. The molecule has 2 aromatic heterocycles. The van der Waals surface area contributed by atoms with E-state index in [2.05, 4.69) is 22.7 Å². The van der Waals surface area contributed by atoms with Crippen LogP contribution in [0, 0.1) is 0 Å². The van der Waals surface area contributed by atoms with Gasteiger partial charge in [-0.25, -0.2) is 4.98 Å². The number of nitrogens with zero attached hydrogens (tertiary/aromatic N) is 2. The molecule has 72 valence electrons. The van der Waals surface area contributed by atoms with Crippen LogP contribution in [0.5, 0.6) is 0 Å². The SMILES string of the molecule is Cn1c(C2CC2)cc2c(Cl)ccnc21. The van der Waals surface area contributed by atoms with Gasteiger partial charge in [-0.15, -0.1) is 0 Å². The third-order valence-electron chi connectivity index (χ3n) is 2.91. The molecule has 0 unspecified atom stereocenters. The molecule has 0 bridgehead atoms. The average molecular weight is 207 g/mol. The topological polar surface area (TPSA) is 17.8 Å². The van der Waals surface area contributed by atoms with Gasteiger partial charge in [0.25, 0.3) is 0 Å². The highest BCUT2D eigenvalue weighted by Crippen LogP contribution is 2.42. The van der Waals surface area contributed by atoms with E-state index in [1.54, 1.807) is 6.20 Å². The Labute approximate surface area is 87.5 Å². The van der Waals surface area contributed by atoms with Crippen LogP contribution in [0.4, 0.5) is 0 Å². The third-order valence-corrected chi connectivity index (χ3v) is 3.24. The van der Waals surface area contributed by atoms with Gasteiger partial charge in [0.1, 0.15) is 5.65 Å². The zero-order valence-corrected chi connectivity index (χ0v) is 8.75. The van der Waals surface area contributed by atoms with Crippen molar-refractivity contribution in [2.75, 3.05) is 0 Å². The zero-order valence-electron chi connectivity index (χ0n) is 8.00. The summed E-state index contributed by atoms with van der Waals surface area (Å²) in [5.41, 5.74) is 2.38. The van der Waals surface area contributed by atoms with E-state index in [0.717, 1.165) is 22.0 Å². The predicted molar refractivity (Wildman–Crippen MR) is 57.7 cm³/mol. The summed E-state index contributed by atoms with van der Waals surface area (Å²) < 4.78 is 2.17. The van der Waals surface area contributed by atoms with Crippen LogP contribution in [0.2, 0.25) is 5.02 Å². The molecule has 0 spiro atoms. The minimum absolute atomic E-state index is 0.741. The Morgan fingerprint density at radius 1 is 1.50 bits per heavy atom. The molecule has 0 saturated heterocycles. The van der Waals surface area contributed by atoms with E-state index in [4.69, 9.17) is 11.6 Å². The first-order valence-corrected chi connectivity index (χ1v) is 5.25. The molecule has 1 aliphatic carbocycles. The van der Waals surface area contributed by atoms with Gasteiger partial charge in [0.05, 0.1) is 5.02 Å². The van der Waals surface area contributed by atoms with E-state index in [1.165, 1.54) is 18.5 Å². The molecule has 3 rings (SSSR count). The molecule has 3 heteroatoms. The summed E-state index contributed by atoms with van der Waals surface area (Å²) in [7, 11) is 2.07. The molecule has 0 amide bonds. The van der Waals surface area contributed by atoms with Crippen molar-refractivity contribution < 1.29 is 0 Å². The first-order valence-electron chi connectivity index (χ1n) is 4.87. The average Bonchev–Trinajstić information content (AvgIpc) is 2.94. The number of hydrogen-bond acceptors (Lipinski definition) is 1. The van der Waals surface area contributed by atoms with Crippen molar-refractivity contribution in [3.05, 3.63) is 29.0 Å². The van der Waals surface area contributed by atoms with Gasteiger partial charge in [0.15, 0.2) is 0 Å².